The fourth-order valence-electron chi connectivity index (χ4n) is 3.66. The molecular formula is C22H17N3O2S. The molecule has 2 aromatic carbocycles. The monoisotopic (exact) mass is 387 g/mol. The Kier molecular flexibility index (Phi) is 4.68. The van der Waals surface area contributed by atoms with E-state index in [-0.39, 0.29) is 17.9 Å². The van der Waals surface area contributed by atoms with Gasteiger partial charge < -0.3 is 10.2 Å². The van der Waals surface area contributed by atoms with Gasteiger partial charge in [0.1, 0.15) is 0 Å². The van der Waals surface area contributed by atoms with Gasteiger partial charge in [-0.3, -0.25) is 9.59 Å². The molecular weight excluding hydrogens is 370 g/mol. The molecule has 0 radical (unpaired) electrons. The predicted octanol–water partition coefficient (Wildman–Crippen LogP) is 4.17. The lowest BCUT2D eigenvalue weighted by molar-refractivity contribution is -0.119. The lowest BCUT2D eigenvalue weighted by Crippen LogP contribution is -2.43. The molecule has 1 aliphatic rings. The van der Waals surface area contributed by atoms with Crippen molar-refractivity contribution in [3.05, 3.63) is 87.6 Å². The van der Waals surface area contributed by atoms with E-state index in [0.717, 1.165) is 10.4 Å². The average Bonchev–Trinajstić information content (AvgIpc) is 3.25. The van der Waals surface area contributed by atoms with Gasteiger partial charge in [-0.05, 0) is 41.3 Å². The van der Waals surface area contributed by atoms with Crippen LogP contribution in [0.15, 0.2) is 66.0 Å². The van der Waals surface area contributed by atoms with Crippen LogP contribution >= 0.6 is 11.3 Å². The van der Waals surface area contributed by atoms with Crippen molar-refractivity contribution in [2.45, 2.75) is 12.0 Å². The molecule has 5 nitrogen and oxygen atoms in total. The number of nitrogens with one attached hydrogen (secondary N) is 1. The van der Waals surface area contributed by atoms with Crippen molar-refractivity contribution in [1.29, 1.82) is 5.26 Å². The number of carbonyl (C=O) groups excluding carboxylic acids is 2. The number of carbonyl (C=O) groups is 2. The molecule has 0 saturated heterocycles. The van der Waals surface area contributed by atoms with E-state index in [4.69, 9.17) is 5.26 Å². The maximum absolute atomic E-state index is 13.4. The summed E-state index contributed by atoms with van der Waals surface area (Å²) in [5.74, 6) is -0.854. The number of nitriles is 1. The number of hydrogen-bond donors (Lipinski definition) is 1. The average molecular weight is 387 g/mol. The summed E-state index contributed by atoms with van der Waals surface area (Å²) in [5.41, 5.74) is 2.30. The second-order valence-electron chi connectivity index (χ2n) is 6.62. The van der Waals surface area contributed by atoms with Crippen molar-refractivity contribution in [1.82, 2.24) is 4.90 Å². The number of likely N-dealkylation sites (N-methyl/N-ethyl adjacent to an activating group) is 1. The number of nitrogens with zero attached hydrogens (tertiary/aromatic N) is 2. The fourth-order valence-corrected chi connectivity index (χ4v) is 4.56. The van der Waals surface area contributed by atoms with Crippen LogP contribution < -0.4 is 5.32 Å². The van der Waals surface area contributed by atoms with Crippen LogP contribution in [-0.4, -0.2) is 23.8 Å². The zero-order chi connectivity index (χ0) is 19.7. The van der Waals surface area contributed by atoms with Crippen LogP contribution in [0.25, 0.3) is 0 Å². The maximum atomic E-state index is 13.4. The molecule has 1 aromatic heterocycles. The van der Waals surface area contributed by atoms with Gasteiger partial charge in [-0.2, -0.15) is 5.26 Å². The Balaban J connectivity index is 1.78. The topological polar surface area (TPSA) is 73.2 Å². The first kappa shape index (κ1) is 18.0. The number of amides is 2. The van der Waals surface area contributed by atoms with Crippen LogP contribution in [0.2, 0.25) is 0 Å². The lowest BCUT2D eigenvalue weighted by Gasteiger charge is -2.39. The Hall–Kier alpha value is -3.43. The van der Waals surface area contributed by atoms with E-state index < -0.39 is 5.92 Å². The van der Waals surface area contributed by atoms with Crippen molar-refractivity contribution >= 4 is 28.8 Å². The van der Waals surface area contributed by atoms with E-state index in [1.165, 1.54) is 11.3 Å². The number of thiophene rings is 1. The van der Waals surface area contributed by atoms with Crippen molar-refractivity contribution in [2.75, 3.05) is 12.4 Å². The Morgan fingerprint density at radius 1 is 1.14 bits per heavy atom. The van der Waals surface area contributed by atoms with Gasteiger partial charge in [0.25, 0.3) is 5.91 Å². The number of fused-ring (bicyclic) bond motifs is 1. The highest BCUT2D eigenvalue weighted by molar-refractivity contribution is 7.10. The van der Waals surface area contributed by atoms with Crippen molar-refractivity contribution < 1.29 is 9.59 Å². The Bertz CT molecular complexity index is 1090. The molecule has 2 amide bonds. The van der Waals surface area contributed by atoms with E-state index in [9.17, 15) is 9.59 Å². The van der Waals surface area contributed by atoms with E-state index in [0.29, 0.717) is 16.8 Å². The molecule has 1 aliphatic heterocycles. The quantitative estimate of drug-likeness (QED) is 0.733. The van der Waals surface area contributed by atoms with Gasteiger partial charge in [-0.1, -0.05) is 30.3 Å². The van der Waals surface area contributed by atoms with Crippen molar-refractivity contribution in [2.24, 2.45) is 0 Å². The third-order valence-electron chi connectivity index (χ3n) is 4.96. The van der Waals surface area contributed by atoms with Gasteiger partial charge in [0.05, 0.1) is 23.6 Å². The maximum Gasteiger partial charge on any atom is 0.254 e. The molecule has 4 rings (SSSR count). The molecule has 0 aliphatic carbocycles. The first-order valence-electron chi connectivity index (χ1n) is 8.80. The van der Waals surface area contributed by atoms with Crippen LogP contribution in [0.5, 0.6) is 0 Å². The predicted molar refractivity (Wildman–Crippen MR) is 108 cm³/mol. The van der Waals surface area contributed by atoms with Crippen LogP contribution in [0.1, 0.15) is 38.3 Å². The standard InChI is InChI=1S/C22H17N3O2S/c1-25-20(18-10-5-11-28-18)19(16-8-2-3-9-17(16)22(25)27)21(26)24-15-7-4-6-14(12-15)13-23/h2-12,19-20H,1H3,(H,24,26). The number of hydrogen-bond acceptors (Lipinski definition) is 4. The minimum Gasteiger partial charge on any atom is -0.333 e. The summed E-state index contributed by atoms with van der Waals surface area (Å²) in [6.07, 6.45) is 0. The number of benzene rings is 2. The lowest BCUT2D eigenvalue weighted by atomic mass is 9.81. The van der Waals surface area contributed by atoms with Crippen LogP contribution in [-0.2, 0) is 4.79 Å². The Labute approximate surface area is 166 Å². The first-order valence-corrected chi connectivity index (χ1v) is 9.68. The number of rotatable bonds is 3. The molecule has 1 N–H and O–H groups in total. The number of anilines is 1. The second-order valence-corrected chi connectivity index (χ2v) is 7.60. The largest absolute Gasteiger partial charge is 0.333 e. The molecule has 2 heterocycles. The zero-order valence-corrected chi connectivity index (χ0v) is 15.9. The Morgan fingerprint density at radius 3 is 2.71 bits per heavy atom. The highest BCUT2D eigenvalue weighted by Crippen LogP contribution is 2.43. The fraction of sp³-hybridized carbons (Fsp3) is 0.136. The molecule has 2 unspecified atom stereocenters. The summed E-state index contributed by atoms with van der Waals surface area (Å²) in [4.78, 5) is 28.9. The minimum atomic E-state index is -0.553. The molecule has 138 valence electrons. The third kappa shape index (κ3) is 3.06. The Morgan fingerprint density at radius 2 is 1.96 bits per heavy atom. The summed E-state index contributed by atoms with van der Waals surface area (Å²) in [5, 5.41) is 14.0. The zero-order valence-electron chi connectivity index (χ0n) is 15.1. The van der Waals surface area contributed by atoms with Crippen molar-refractivity contribution in [3.63, 3.8) is 0 Å². The van der Waals surface area contributed by atoms with E-state index in [1.54, 1.807) is 48.3 Å². The molecule has 0 bridgehead atoms. The smallest absolute Gasteiger partial charge is 0.254 e. The van der Waals surface area contributed by atoms with E-state index in [2.05, 4.69) is 11.4 Å². The second kappa shape index (κ2) is 7.29. The summed E-state index contributed by atoms with van der Waals surface area (Å²) in [6, 6.07) is 19.6. The molecule has 2 atom stereocenters. The van der Waals surface area contributed by atoms with Crippen LogP contribution in [0, 0.1) is 11.3 Å². The molecule has 28 heavy (non-hydrogen) atoms. The summed E-state index contributed by atoms with van der Waals surface area (Å²) >= 11 is 1.53. The highest BCUT2D eigenvalue weighted by atomic mass is 32.1. The minimum absolute atomic E-state index is 0.0930. The molecule has 3 aromatic rings. The third-order valence-corrected chi connectivity index (χ3v) is 5.90. The van der Waals surface area contributed by atoms with Gasteiger partial charge in [0.15, 0.2) is 0 Å². The highest BCUT2D eigenvalue weighted by Gasteiger charge is 2.43. The molecule has 0 spiro atoms. The normalized spacial score (nSPS) is 18.3. The molecule has 0 fully saturated rings. The SMILES string of the molecule is CN1C(=O)c2ccccc2C(C(=O)Nc2cccc(C#N)c2)C1c1cccs1. The van der Waals surface area contributed by atoms with E-state index >= 15 is 0 Å². The summed E-state index contributed by atoms with van der Waals surface area (Å²) < 4.78 is 0. The van der Waals surface area contributed by atoms with Gasteiger partial charge >= 0.3 is 0 Å². The van der Waals surface area contributed by atoms with Crippen molar-refractivity contribution in [3.8, 4) is 6.07 Å². The summed E-state index contributed by atoms with van der Waals surface area (Å²) in [7, 11) is 1.74. The van der Waals surface area contributed by atoms with Crippen LogP contribution in [0.3, 0.4) is 0 Å². The summed E-state index contributed by atoms with van der Waals surface area (Å²) in [6.45, 7) is 0. The first-order chi connectivity index (χ1) is 13.6. The van der Waals surface area contributed by atoms with Gasteiger partial charge in [-0.15, -0.1) is 11.3 Å². The molecule has 6 heteroatoms. The van der Waals surface area contributed by atoms with Gasteiger partial charge in [0, 0.05) is 23.2 Å². The molecule has 0 saturated carbocycles. The van der Waals surface area contributed by atoms with Gasteiger partial charge in [-0.25, -0.2) is 0 Å². The van der Waals surface area contributed by atoms with Gasteiger partial charge in [0.2, 0.25) is 5.91 Å². The van der Waals surface area contributed by atoms with Crippen LogP contribution in [0.4, 0.5) is 5.69 Å². The van der Waals surface area contributed by atoms with E-state index in [1.807, 2.05) is 29.6 Å².